The predicted molar refractivity (Wildman–Crippen MR) is 99.1 cm³/mol. The molecule has 1 aromatic heterocycles. The monoisotopic (exact) mass is 418 g/mol. The summed E-state index contributed by atoms with van der Waals surface area (Å²) in [7, 11) is 0. The van der Waals surface area contributed by atoms with Crippen LogP contribution in [-0.4, -0.2) is 23.4 Å². The van der Waals surface area contributed by atoms with E-state index in [0.29, 0.717) is 36.2 Å². The second kappa shape index (κ2) is 7.30. The van der Waals surface area contributed by atoms with Crippen LogP contribution in [-0.2, 0) is 0 Å². The van der Waals surface area contributed by atoms with Crippen LogP contribution in [0.3, 0.4) is 0 Å². The molecule has 1 aromatic carbocycles. The summed E-state index contributed by atoms with van der Waals surface area (Å²) in [4.78, 5) is 0. The molecule has 0 spiro atoms. The van der Waals surface area contributed by atoms with Gasteiger partial charge in [-0.3, -0.25) is 5.10 Å². The maximum atomic E-state index is 9.68. The van der Waals surface area contributed by atoms with Gasteiger partial charge < -0.3 is 19.9 Å². The number of ether oxygens (including phenoxy) is 3. The summed E-state index contributed by atoms with van der Waals surface area (Å²) in [6, 6.07) is 5.89. The highest BCUT2D eigenvalue weighted by molar-refractivity contribution is 9.10. The number of nitriles is 1. The van der Waals surface area contributed by atoms with Crippen LogP contribution in [0.2, 0.25) is 0 Å². The van der Waals surface area contributed by atoms with Crippen molar-refractivity contribution < 1.29 is 14.2 Å². The minimum Gasteiger partial charge on any atom is -0.490 e. The summed E-state index contributed by atoms with van der Waals surface area (Å²) in [5.41, 5.74) is 8.72. The van der Waals surface area contributed by atoms with Gasteiger partial charge in [0.25, 0.3) is 0 Å². The van der Waals surface area contributed by atoms with Gasteiger partial charge in [0.05, 0.1) is 19.1 Å². The zero-order valence-corrected chi connectivity index (χ0v) is 16.3. The third-order valence-corrected chi connectivity index (χ3v) is 4.79. The molecule has 8 heteroatoms. The number of hydrogen-bond acceptors (Lipinski definition) is 6. The molecule has 1 atom stereocenters. The molecule has 0 aliphatic carbocycles. The van der Waals surface area contributed by atoms with E-state index in [1.165, 1.54) is 0 Å². The third-order valence-electron chi connectivity index (χ3n) is 4.10. The number of nitrogens with one attached hydrogen (secondary N) is 1. The molecule has 1 aliphatic rings. The molecule has 136 valence electrons. The fourth-order valence-electron chi connectivity index (χ4n) is 3.02. The molecule has 0 radical (unpaired) electrons. The van der Waals surface area contributed by atoms with Crippen LogP contribution in [0.4, 0.5) is 0 Å². The van der Waals surface area contributed by atoms with Gasteiger partial charge in [-0.15, -0.1) is 5.10 Å². The van der Waals surface area contributed by atoms with Crippen molar-refractivity contribution in [2.75, 3.05) is 13.2 Å². The molecule has 3 rings (SSSR count). The average molecular weight is 419 g/mol. The number of H-pyrrole nitrogens is 1. The van der Waals surface area contributed by atoms with E-state index in [1.54, 1.807) is 0 Å². The van der Waals surface area contributed by atoms with E-state index >= 15 is 0 Å². The Morgan fingerprint density at radius 1 is 1.31 bits per heavy atom. The van der Waals surface area contributed by atoms with Crippen molar-refractivity contribution in [2.45, 2.75) is 26.7 Å². The fraction of sp³-hybridized carbons (Fsp3) is 0.333. The van der Waals surface area contributed by atoms with Gasteiger partial charge >= 0.3 is 0 Å². The lowest BCUT2D eigenvalue weighted by Crippen LogP contribution is -2.21. The maximum absolute atomic E-state index is 9.68. The number of nitrogens with two attached hydrogens (primary N) is 1. The zero-order valence-electron chi connectivity index (χ0n) is 14.7. The van der Waals surface area contributed by atoms with Crippen molar-refractivity contribution in [2.24, 2.45) is 5.73 Å². The molecule has 2 heterocycles. The summed E-state index contributed by atoms with van der Waals surface area (Å²) in [5.74, 6) is 1.25. The average Bonchev–Trinajstić information content (AvgIpc) is 2.97. The molecular formula is C18H19BrN4O3. The minimum absolute atomic E-state index is 0.0512. The van der Waals surface area contributed by atoms with Crippen molar-refractivity contribution in [1.82, 2.24) is 10.2 Å². The Bertz CT molecular complexity index is 914. The van der Waals surface area contributed by atoms with E-state index in [9.17, 15) is 5.26 Å². The largest absolute Gasteiger partial charge is 0.490 e. The number of rotatable bonds is 5. The Morgan fingerprint density at radius 3 is 2.58 bits per heavy atom. The van der Waals surface area contributed by atoms with E-state index in [1.807, 2.05) is 32.9 Å². The number of hydrogen-bond donors (Lipinski definition) is 2. The number of halogens is 1. The van der Waals surface area contributed by atoms with Gasteiger partial charge in [-0.1, -0.05) is 15.9 Å². The standard InChI is InChI=1S/C18H19BrN4O3/c1-4-24-13-6-10(12(19)7-14(13)25-5-2)16-11(8-20)17(21)26-18-15(16)9(3)22-23-18/h6-7,16H,4-5,21H2,1-3H3,(H,22,23)/t16-/m0/s1. The van der Waals surface area contributed by atoms with Crippen molar-refractivity contribution >= 4 is 15.9 Å². The molecule has 0 bridgehead atoms. The fourth-order valence-corrected chi connectivity index (χ4v) is 3.57. The zero-order chi connectivity index (χ0) is 18.8. The topological polar surface area (TPSA) is 106 Å². The number of aromatic amines is 1. The van der Waals surface area contributed by atoms with Gasteiger partial charge in [-0.25, -0.2) is 0 Å². The molecule has 2 aromatic rings. The van der Waals surface area contributed by atoms with Crippen molar-refractivity contribution in [3.8, 4) is 23.4 Å². The van der Waals surface area contributed by atoms with Crippen LogP contribution in [0, 0.1) is 18.3 Å². The number of benzene rings is 1. The van der Waals surface area contributed by atoms with Gasteiger partial charge in [-0.05, 0) is 38.5 Å². The van der Waals surface area contributed by atoms with Crippen molar-refractivity contribution in [1.29, 1.82) is 5.26 Å². The summed E-state index contributed by atoms with van der Waals surface area (Å²) >= 11 is 3.60. The van der Waals surface area contributed by atoms with Gasteiger partial charge in [0.15, 0.2) is 11.5 Å². The summed E-state index contributed by atoms with van der Waals surface area (Å²) in [6.07, 6.45) is 0. The molecule has 1 aliphatic heterocycles. The highest BCUT2D eigenvalue weighted by atomic mass is 79.9. The highest BCUT2D eigenvalue weighted by Gasteiger charge is 2.35. The summed E-state index contributed by atoms with van der Waals surface area (Å²) in [5, 5.41) is 16.7. The van der Waals surface area contributed by atoms with Gasteiger partial charge in [0.2, 0.25) is 11.8 Å². The molecule has 0 fully saturated rings. The second-order valence-electron chi connectivity index (χ2n) is 5.68. The number of aromatic nitrogens is 2. The van der Waals surface area contributed by atoms with Crippen molar-refractivity contribution in [3.05, 3.63) is 44.9 Å². The first-order valence-corrected chi connectivity index (χ1v) is 9.02. The molecular weight excluding hydrogens is 400 g/mol. The molecule has 0 amide bonds. The highest BCUT2D eigenvalue weighted by Crippen LogP contribution is 2.47. The first-order valence-electron chi connectivity index (χ1n) is 8.23. The van der Waals surface area contributed by atoms with Gasteiger partial charge in [0.1, 0.15) is 11.6 Å². The van der Waals surface area contributed by atoms with Crippen LogP contribution in [0.25, 0.3) is 0 Å². The Labute approximate surface area is 159 Å². The number of aryl methyl sites for hydroxylation is 1. The molecule has 7 nitrogen and oxygen atoms in total. The molecule has 26 heavy (non-hydrogen) atoms. The SMILES string of the molecule is CCOc1cc(Br)c([C@H]2C(C#N)=C(N)Oc3n[nH]c(C)c32)cc1OCC. The van der Waals surface area contributed by atoms with Gasteiger partial charge in [-0.2, -0.15) is 5.26 Å². The number of nitrogens with zero attached hydrogens (tertiary/aromatic N) is 2. The Kier molecular flexibility index (Phi) is 5.09. The Morgan fingerprint density at radius 2 is 1.96 bits per heavy atom. The van der Waals surface area contributed by atoms with E-state index in [-0.39, 0.29) is 5.88 Å². The van der Waals surface area contributed by atoms with E-state index < -0.39 is 5.92 Å². The van der Waals surface area contributed by atoms with E-state index in [4.69, 9.17) is 19.9 Å². The van der Waals surface area contributed by atoms with Crippen LogP contribution in [0.5, 0.6) is 17.4 Å². The second-order valence-corrected chi connectivity index (χ2v) is 6.53. The lowest BCUT2D eigenvalue weighted by atomic mass is 9.84. The van der Waals surface area contributed by atoms with Crippen LogP contribution in [0.1, 0.15) is 36.6 Å². The van der Waals surface area contributed by atoms with Gasteiger partial charge in [0, 0.05) is 15.7 Å². The normalized spacial score (nSPS) is 15.9. The molecule has 0 unspecified atom stereocenters. The lowest BCUT2D eigenvalue weighted by molar-refractivity contribution is 0.287. The smallest absolute Gasteiger partial charge is 0.244 e. The minimum atomic E-state index is -0.424. The summed E-state index contributed by atoms with van der Waals surface area (Å²) in [6.45, 7) is 6.71. The van der Waals surface area contributed by atoms with Crippen LogP contribution < -0.4 is 19.9 Å². The van der Waals surface area contributed by atoms with Crippen molar-refractivity contribution in [3.63, 3.8) is 0 Å². The first kappa shape index (κ1) is 18.1. The maximum Gasteiger partial charge on any atom is 0.244 e. The quantitative estimate of drug-likeness (QED) is 0.769. The Hall–Kier alpha value is -2.66. The number of fused-ring (bicyclic) bond motifs is 1. The van der Waals surface area contributed by atoms with E-state index in [2.05, 4.69) is 32.2 Å². The summed E-state index contributed by atoms with van der Waals surface area (Å²) < 4.78 is 17.7. The van der Waals surface area contributed by atoms with Crippen LogP contribution in [0.15, 0.2) is 28.1 Å². The lowest BCUT2D eigenvalue weighted by Gasteiger charge is -2.25. The van der Waals surface area contributed by atoms with Crippen LogP contribution >= 0.6 is 15.9 Å². The molecule has 0 saturated heterocycles. The first-order chi connectivity index (χ1) is 12.5. The predicted octanol–water partition coefficient (Wildman–Crippen LogP) is 3.50. The number of allylic oxidation sites excluding steroid dienone is 1. The van der Waals surface area contributed by atoms with E-state index in [0.717, 1.165) is 21.3 Å². The molecule has 0 saturated carbocycles. The Balaban J connectivity index is 2.22. The molecule has 3 N–H and O–H groups in total. The third kappa shape index (κ3) is 2.99.